The number of carbonyl (C=O) groups excluding carboxylic acids is 1. The molecule has 1 saturated heterocycles. The summed E-state index contributed by atoms with van der Waals surface area (Å²) in [5.74, 6) is 1.29. The van der Waals surface area contributed by atoms with Crippen LogP contribution in [0.25, 0.3) is 0 Å². The minimum absolute atomic E-state index is 0. The smallest absolute Gasteiger partial charge is 0.233 e. The molecule has 1 aliphatic heterocycles. The summed E-state index contributed by atoms with van der Waals surface area (Å²) in [6.07, 6.45) is 7.03. The zero-order valence-electron chi connectivity index (χ0n) is 14.0. The van der Waals surface area contributed by atoms with Crippen molar-refractivity contribution in [2.75, 3.05) is 19.6 Å². The number of hydrogen-bond donors (Lipinski definition) is 1. The third kappa shape index (κ3) is 3.81. The summed E-state index contributed by atoms with van der Waals surface area (Å²) in [6.45, 7) is 3.01. The number of carbonyl (C=O) groups is 1. The van der Waals surface area contributed by atoms with Crippen molar-refractivity contribution in [2.45, 2.75) is 50.0 Å². The Labute approximate surface area is 159 Å². The summed E-state index contributed by atoms with van der Waals surface area (Å²) in [4.78, 5) is 15.2. The molecule has 0 spiro atoms. The molecule has 3 nitrogen and oxygen atoms in total. The molecule has 24 heavy (non-hydrogen) atoms. The molecule has 132 valence electrons. The number of likely N-dealkylation sites (tertiary alicyclic amines) is 1. The van der Waals surface area contributed by atoms with Gasteiger partial charge in [0.05, 0.1) is 5.41 Å². The van der Waals surface area contributed by atoms with E-state index in [0.29, 0.717) is 11.9 Å². The zero-order chi connectivity index (χ0) is 15.9. The fraction of sp³-hybridized carbons (Fsp3) is 0.632. The van der Waals surface area contributed by atoms with E-state index in [1.807, 2.05) is 0 Å². The molecule has 0 atom stereocenters. The molecular formula is C19H26BrClN2O. The number of piperidine rings is 1. The van der Waals surface area contributed by atoms with Gasteiger partial charge in [-0.2, -0.15) is 0 Å². The van der Waals surface area contributed by atoms with Crippen molar-refractivity contribution in [3.05, 3.63) is 34.3 Å². The Balaban J connectivity index is 0.00000169. The van der Waals surface area contributed by atoms with Crippen LogP contribution in [0, 0.1) is 5.92 Å². The maximum Gasteiger partial charge on any atom is 0.233 e. The Bertz CT molecular complexity index is 576. The number of amides is 1. The van der Waals surface area contributed by atoms with Gasteiger partial charge in [-0.15, -0.1) is 12.4 Å². The first-order valence-electron chi connectivity index (χ1n) is 8.96. The highest BCUT2D eigenvalue weighted by molar-refractivity contribution is 9.10. The number of hydrogen-bond acceptors (Lipinski definition) is 2. The second-order valence-electron chi connectivity index (χ2n) is 7.51. The molecule has 2 aliphatic carbocycles. The number of nitrogens with zero attached hydrogens (tertiary/aromatic N) is 1. The summed E-state index contributed by atoms with van der Waals surface area (Å²) in [5, 5.41) is 3.69. The summed E-state index contributed by atoms with van der Waals surface area (Å²) in [6, 6.07) is 8.94. The van der Waals surface area contributed by atoms with E-state index < -0.39 is 0 Å². The minimum Gasteiger partial charge on any atom is -0.342 e. The van der Waals surface area contributed by atoms with E-state index in [9.17, 15) is 4.79 Å². The molecule has 0 aromatic heterocycles. The molecule has 5 heteroatoms. The van der Waals surface area contributed by atoms with Gasteiger partial charge in [-0.25, -0.2) is 0 Å². The molecule has 1 heterocycles. The van der Waals surface area contributed by atoms with Crippen molar-refractivity contribution in [2.24, 2.45) is 5.92 Å². The number of rotatable bonds is 5. The number of benzene rings is 1. The first-order chi connectivity index (χ1) is 11.2. The predicted molar refractivity (Wildman–Crippen MR) is 103 cm³/mol. The van der Waals surface area contributed by atoms with Crippen molar-refractivity contribution in [1.82, 2.24) is 10.2 Å². The highest BCUT2D eigenvalue weighted by Crippen LogP contribution is 2.50. The first-order valence-corrected chi connectivity index (χ1v) is 9.75. The highest BCUT2D eigenvalue weighted by atomic mass is 79.9. The van der Waals surface area contributed by atoms with E-state index in [-0.39, 0.29) is 17.8 Å². The third-order valence-electron chi connectivity index (χ3n) is 5.73. The molecule has 2 saturated carbocycles. The van der Waals surface area contributed by atoms with Crippen LogP contribution in [0.3, 0.4) is 0 Å². The van der Waals surface area contributed by atoms with Crippen LogP contribution in [0.4, 0.5) is 0 Å². The molecule has 1 amide bonds. The normalized spacial score (nSPS) is 22.8. The first kappa shape index (κ1) is 18.2. The fourth-order valence-corrected chi connectivity index (χ4v) is 4.03. The number of nitrogens with one attached hydrogen (secondary N) is 1. The standard InChI is InChI=1S/C19H25BrN2O.ClH/c20-16-5-3-15(4-6-16)19(9-10-19)18(23)22-11-7-17(8-12-22)21-13-14-1-2-14;/h3-6,14,17,21H,1-2,7-13H2;1H. The van der Waals surface area contributed by atoms with E-state index in [2.05, 4.69) is 50.4 Å². The van der Waals surface area contributed by atoms with Gasteiger partial charge in [-0.3, -0.25) is 4.79 Å². The second-order valence-corrected chi connectivity index (χ2v) is 8.42. The van der Waals surface area contributed by atoms with E-state index in [4.69, 9.17) is 0 Å². The van der Waals surface area contributed by atoms with Gasteiger partial charge < -0.3 is 10.2 Å². The molecule has 1 aromatic carbocycles. The van der Waals surface area contributed by atoms with Crippen LogP contribution in [-0.4, -0.2) is 36.5 Å². The van der Waals surface area contributed by atoms with Gasteiger partial charge in [0.1, 0.15) is 0 Å². The molecule has 0 radical (unpaired) electrons. The van der Waals surface area contributed by atoms with Gasteiger partial charge in [0.25, 0.3) is 0 Å². The summed E-state index contributed by atoms with van der Waals surface area (Å²) in [7, 11) is 0. The second kappa shape index (κ2) is 7.35. The lowest BCUT2D eigenvalue weighted by Gasteiger charge is -2.35. The van der Waals surface area contributed by atoms with Crippen LogP contribution in [-0.2, 0) is 10.2 Å². The molecule has 1 aromatic rings. The van der Waals surface area contributed by atoms with E-state index in [0.717, 1.165) is 49.2 Å². The van der Waals surface area contributed by atoms with E-state index >= 15 is 0 Å². The monoisotopic (exact) mass is 412 g/mol. The van der Waals surface area contributed by atoms with E-state index in [1.54, 1.807) is 0 Å². The topological polar surface area (TPSA) is 32.3 Å². The molecule has 0 bridgehead atoms. The van der Waals surface area contributed by atoms with Gasteiger partial charge in [0.15, 0.2) is 0 Å². The molecule has 1 N–H and O–H groups in total. The van der Waals surface area contributed by atoms with Gasteiger partial charge in [-0.05, 0) is 68.7 Å². The molecular weight excluding hydrogens is 388 g/mol. The van der Waals surface area contributed by atoms with Crippen LogP contribution in [0.15, 0.2) is 28.7 Å². The van der Waals surface area contributed by atoms with Crippen LogP contribution in [0.1, 0.15) is 44.1 Å². The largest absolute Gasteiger partial charge is 0.342 e. The highest BCUT2D eigenvalue weighted by Gasteiger charge is 2.53. The maximum atomic E-state index is 13.0. The Hall–Kier alpha value is -0.580. The Morgan fingerprint density at radius 2 is 1.75 bits per heavy atom. The lowest BCUT2D eigenvalue weighted by molar-refractivity contribution is -0.135. The summed E-state index contributed by atoms with van der Waals surface area (Å²) in [5.41, 5.74) is 0.981. The van der Waals surface area contributed by atoms with Crippen molar-refractivity contribution in [3.8, 4) is 0 Å². The minimum atomic E-state index is -0.213. The van der Waals surface area contributed by atoms with Crippen LogP contribution < -0.4 is 5.32 Å². The van der Waals surface area contributed by atoms with E-state index in [1.165, 1.54) is 24.9 Å². The quantitative estimate of drug-likeness (QED) is 0.794. The van der Waals surface area contributed by atoms with Crippen molar-refractivity contribution in [3.63, 3.8) is 0 Å². The van der Waals surface area contributed by atoms with Gasteiger partial charge in [0.2, 0.25) is 5.91 Å². The van der Waals surface area contributed by atoms with Crippen LogP contribution in [0.5, 0.6) is 0 Å². The Morgan fingerprint density at radius 3 is 2.29 bits per heavy atom. The van der Waals surface area contributed by atoms with Gasteiger partial charge >= 0.3 is 0 Å². The average molecular weight is 414 g/mol. The van der Waals surface area contributed by atoms with Gasteiger partial charge in [0, 0.05) is 23.6 Å². The van der Waals surface area contributed by atoms with Crippen LogP contribution in [0.2, 0.25) is 0 Å². The lowest BCUT2D eigenvalue weighted by Crippen LogP contribution is -2.48. The third-order valence-corrected chi connectivity index (χ3v) is 6.26. The number of halogens is 2. The molecule has 4 rings (SSSR count). The predicted octanol–water partition coefficient (Wildman–Crippen LogP) is 3.89. The molecule has 0 unspecified atom stereocenters. The molecule has 3 fully saturated rings. The average Bonchev–Trinajstić information content (AvgIpc) is 3.48. The fourth-order valence-electron chi connectivity index (χ4n) is 3.76. The zero-order valence-corrected chi connectivity index (χ0v) is 16.4. The van der Waals surface area contributed by atoms with Gasteiger partial charge in [-0.1, -0.05) is 28.1 Å². The van der Waals surface area contributed by atoms with Crippen molar-refractivity contribution < 1.29 is 4.79 Å². The van der Waals surface area contributed by atoms with Crippen LogP contribution >= 0.6 is 28.3 Å². The SMILES string of the molecule is Cl.O=C(N1CCC(NCC2CC2)CC1)C1(c2ccc(Br)cc2)CC1. The van der Waals surface area contributed by atoms with Crippen molar-refractivity contribution >= 4 is 34.2 Å². The van der Waals surface area contributed by atoms with Crippen molar-refractivity contribution in [1.29, 1.82) is 0 Å². The maximum absolute atomic E-state index is 13.0. The Kier molecular flexibility index (Phi) is 5.58. The lowest BCUT2D eigenvalue weighted by atomic mass is 9.93. The summed E-state index contributed by atoms with van der Waals surface area (Å²) < 4.78 is 1.08. The summed E-state index contributed by atoms with van der Waals surface area (Å²) >= 11 is 3.48. The Morgan fingerprint density at radius 1 is 1.12 bits per heavy atom. The molecule has 3 aliphatic rings.